The number of aliphatic hydroxyl groups excluding tert-OH is 2. The van der Waals surface area contributed by atoms with Gasteiger partial charge in [0.15, 0.2) is 0 Å². The van der Waals surface area contributed by atoms with Crippen LogP contribution in [-0.2, 0) is 23.7 Å². The van der Waals surface area contributed by atoms with Crippen LogP contribution in [0.3, 0.4) is 0 Å². The van der Waals surface area contributed by atoms with E-state index < -0.39 is 0 Å². The standard InChI is InChI=1S/C36H74O7/c1-13-31(7,19-37)21-39-23-33(9,15-3)25-41-27-35(11,17-5)29-43-30-36(12,18-6)28-42-26-34(10,16-4)24-40-22-32(8,14-2)20-38/h37-38H,13-30H2,1-12H3. The van der Waals surface area contributed by atoms with E-state index in [1.54, 1.807) is 0 Å². The van der Waals surface area contributed by atoms with Crippen molar-refractivity contribution in [3.05, 3.63) is 0 Å². The van der Waals surface area contributed by atoms with Crippen molar-refractivity contribution >= 4 is 0 Å². The lowest BCUT2D eigenvalue weighted by molar-refractivity contribution is -0.0915. The molecule has 0 radical (unpaired) electrons. The van der Waals surface area contributed by atoms with Crippen LogP contribution in [0.5, 0.6) is 0 Å². The normalized spacial score (nSPS) is 20.8. The predicted molar refractivity (Wildman–Crippen MR) is 179 cm³/mol. The molecule has 0 saturated heterocycles. The van der Waals surface area contributed by atoms with Crippen molar-refractivity contribution in [1.29, 1.82) is 0 Å². The Morgan fingerprint density at radius 3 is 0.558 bits per heavy atom. The maximum atomic E-state index is 9.68. The van der Waals surface area contributed by atoms with Crippen molar-refractivity contribution < 1.29 is 33.9 Å². The molecule has 7 heteroatoms. The first kappa shape index (κ1) is 42.7. The zero-order valence-electron chi connectivity index (χ0n) is 30.7. The molecule has 0 rings (SSSR count). The molecule has 0 aromatic carbocycles. The number of aliphatic hydroxyl groups is 2. The summed E-state index contributed by atoms with van der Waals surface area (Å²) in [7, 11) is 0. The molecular weight excluding hydrogens is 544 g/mol. The van der Waals surface area contributed by atoms with Gasteiger partial charge in [-0.1, -0.05) is 83.1 Å². The van der Waals surface area contributed by atoms with E-state index in [1.165, 1.54) is 0 Å². The van der Waals surface area contributed by atoms with Crippen LogP contribution in [-0.4, -0.2) is 89.5 Å². The largest absolute Gasteiger partial charge is 0.396 e. The predicted octanol–water partition coefficient (Wildman–Crippen LogP) is 7.55. The summed E-state index contributed by atoms with van der Waals surface area (Å²) in [5, 5.41) is 19.4. The maximum Gasteiger partial charge on any atom is 0.0542 e. The second-order valence-electron chi connectivity index (χ2n) is 15.8. The first-order valence-electron chi connectivity index (χ1n) is 17.1. The van der Waals surface area contributed by atoms with Crippen LogP contribution in [0.4, 0.5) is 0 Å². The van der Waals surface area contributed by atoms with E-state index in [-0.39, 0.29) is 45.7 Å². The summed E-state index contributed by atoms with van der Waals surface area (Å²) in [6, 6.07) is 0. The molecule has 0 aliphatic carbocycles. The highest BCUT2D eigenvalue weighted by atomic mass is 16.5. The molecular formula is C36H74O7. The molecule has 0 aromatic heterocycles. The Balaban J connectivity index is 4.78. The Bertz CT molecular complexity index is 652. The van der Waals surface area contributed by atoms with Gasteiger partial charge in [-0.15, -0.1) is 0 Å². The third-order valence-electron chi connectivity index (χ3n) is 10.4. The van der Waals surface area contributed by atoms with Gasteiger partial charge in [0.05, 0.1) is 79.3 Å². The minimum atomic E-state index is -0.187. The highest BCUT2D eigenvalue weighted by molar-refractivity contribution is 4.80. The average molecular weight is 619 g/mol. The van der Waals surface area contributed by atoms with Gasteiger partial charge in [-0.3, -0.25) is 0 Å². The first-order chi connectivity index (χ1) is 20.0. The van der Waals surface area contributed by atoms with Gasteiger partial charge in [-0.2, -0.15) is 0 Å². The van der Waals surface area contributed by atoms with E-state index in [2.05, 4.69) is 83.1 Å². The van der Waals surface area contributed by atoms with E-state index in [9.17, 15) is 10.2 Å². The molecule has 43 heavy (non-hydrogen) atoms. The van der Waals surface area contributed by atoms with Crippen molar-refractivity contribution in [3.63, 3.8) is 0 Å². The molecule has 0 spiro atoms. The molecule has 0 aliphatic rings. The molecule has 0 aliphatic heterocycles. The Morgan fingerprint density at radius 1 is 0.302 bits per heavy atom. The molecule has 0 saturated carbocycles. The van der Waals surface area contributed by atoms with Crippen molar-refractivity contribution in [2.75, 3.05) is 79.3 Å². The van der Waals surface area contributed by atoms with Gasteiger partial charge in [-0.25, -0.2) is 0 Å². The fourth-order valence-electron chi connectivity index (χ4n) is 4.22. The second-order valence-corrected chi connectivity index (χ2v) is 15.8. The SMILES string of the molecule is CCC(C)(CO)COCC(C)(CC)COCC(C)(CC)COCC(C)(CC)COCC(C)(CC)COCC(C)(CC)CO. The topological polar surface area (TPSA) is 86.6 Å². The van der Waals surface area contributed by atoms with Gasteiger partial charge in [0.1, 0.15) is 0 Å². The lowest BCUT2D eigenvalue weighted by Gasteiger charge is -2.35. The van der Waals surface area contributed by atoms with Gasteiger partial charge in [0, 0.05) is 32.5 Å². The number of ether oxygens (including phenoxy) is 5. The maximum absolute atomic E-state index is 9.68. The first-order valence-corrected chi connectivity index (χ1v) is 17.1. The molecule has 7 nitrogen and oxygen atoms in total. The molecule has 2 N–H and O–H groups in total. The third-order valence-corrected chi connectivity index (χ3v) is 10.4. The summed E-state index contributed by atoms with van der Waals surface area (Å²) >= 11 is 0. The minimum Gasteiger partial charge on any atom is -0.396 e. The van der Waals surface area contributed by atoms with Crippen LogP contribution < -0.4 is 0 Å². The van der Waals surface area contributed by atoms with Crippen molar-refractivity contribution in [1.82, 2.24) is 0 Å². The number of hydrogen-bond donors (Lipinski definition) is 2. The van der Waals surface area contributed by atoms with Crippen LogP contribution in [0.2, 0.25) is 0 Å². The lowest BCUT2D eigenvalue weighted by atomic mass is 9.86. The van der Waals surface area contributed by atoms with Crippen LogP contribution in [0.15, 0.2) is 0 Å². The molecule has 0 aromatic rings. The molecule has 0 bridgehead atoms. The summed E-state index contributed by atoms with van der Waals surface area (Å²) in [5.74, 6) is 0. The molecule has 0 fully saturated rings. The minimum absolute atomic E-state index is 0.0652. The lowest BCUT2D eigenvalue weighted by Crippen LogP contribution is -2.37. The van der Waals surface area contributed by atoms with E-state index in [0.29, 0.717) is 66.1 Å². The second kappa shape index (κ2) is 20.1. The van der Waals surface area contributed by atoms with Crippen LogP contribution >= 0.6 is 0 Å². The smallest absolute Gasteiger partial charge is 0.0542 e. The Kier molecular flexibility index (Phi) is 19.9. The van der Waals surface area contributed by atoms with Crippen molar-refractivity contribution in [3.8, 4) is 0 Å². The van der Waals surface area contributed by atoms with Gasteiger partial charge in [0.25, 0.3) is 0 Å². The monoisotopic (exact) mass is 619 g/mol. The van der Waals surface area contributed by atoms with Gasteiger partial charge in [0.2, 0.25) is 0 Å². The Labute approximate surface area is 267 Å². The summed E-state index contributed by atoms with van der Waals surface area (Å²) in [4.78, 5) is 0. The summed E-state index contributed by atoms with van der Waals surface area (Å²) in [6.45, 7) is 32.5. The van der Waals surface area contributed by atoms with E-state index in [1.807, 2.05) is 0 Å². The zero-order valence-corrected chi connectivity index (χ0v) is 30.7. The molecule has 0 amide bonds. The van der Waals surface area contributed by atoms with Gasteiger partial charge in [-0.05, 0) is 38.5 Å². The molecule has 0 heterocycles. The van der Waals surface area contributed by atoms with Gasteiger partial charge < -0.3 is 33.9 Å². The van der Waals surface area contributed by atoms with E-state index in [4.69, 9.17) is 23.7 Å². The third kappa shape index (κ3) is 16.2. The molecule has 6 unspecified atom stereocenters. The number of hydrogen-bond acceptors (Lipinski definition) is 7. The number of rotatable bonds is 28. The highest BCUT2D eigenvalue weighted by Gasteiger charge is 2.32. The van der Waals surface area contributed by atoms with Crippen molar-refractivity contribution in [2.24, 2.45) is 32.5 Å². The quantitative estimate of drug-likeness (QED) is 0.0936. The van der Waals surface area contributed by atoms with Crippen LogP contribution in [0, 0.1) is 32.5 Å². The zero-order chi connectivity index (χ0) is 33.3. The Morgan fingerprint density at radius 2 is 0.442 bits per heavy atom. The molecule has 6 atom stereocenters. The van der Waals surface area contributed by atoms with Gasteiger partial charge >= 0.3 is 0 Å². The molecule has 260 valence electrons. The summed E-state index contributed by atoms with van der Waals surface area (Å²) in [6.07, 6.45) is 5.65. The Hall–Kier alpha value is -0.280. The highest BCUT2D eigenvalue weighted by Crippen LogP contribution is 2.31. The van der Waals surface area contributed by atoms with E-state index >= 15 is 0 Å². The fourth-order valence-corrected chi connectivity index (χ4v) is 4.22. The van der Waals surface area contributed by atoms with Crippen LogP contribution in [0.25, 0.3) is 0 Å². The van der Waals surface area contributed by atoms with E-state index in [0.717, 1.165) is 38.5 Å². The summed E-state index contributed by atoms with van der Waals surface area (Å²) in [5.41, 5.74) is -0.639. The average Bonchev–Trinajstić information content (AvgIpc) is 3.00. The summed E-state index contributed by atoms with van der Waals surface area (Å²) < 4.78 is 31.1. The van der Waals surface area contributed by atoms with Crippen LogP contribution in [0.1, 0.15) is 122 Å². The fraction of sp³-hybridized carbons (Fsp3) is 1.00. The van der Waals surface area contributed by atoms with Crippen molar-refractivity contribution in [2.45, 2.75) is 122 Å².